The molecule has 0 fully saturated rings. The first-order chi connectivity index (χ1) is 15.3. The Hall–Kier alpha value is -3.13. The predicted octanol–water partition coefficient (Wildman–Crippen LogP) is 3.91. The van der Waals surface area contributed by atoms with Crippen LogP contribution in [0.4, 0.5) is 4.39 Å². The highest BCUT2D eigenvalue weighted by molar-refractivity contribution is 7.21. The number of fused-ring (bicyclic) bond motifs is 2. The molecule has 0 bridgehead atoms. The lowest BCUT2D eigenvalue weighted by Gasteiger charge is -2.33. The zero-order valence-electron chi connectivity index (χ0n) is 18.7. The van der Waals surface area contributed by atoms with Gasteiger partial charge >= 0.3 is 0 Å². The van der Waals surface area contributed by atoms with Gasteiger partial charge in [-0.2, -0.15) is 0 Å². The fourth-order valence-corrected chi connectivity index (χ4v) is 4.30. The maximum atomic E-state index is 13.9. The Bertz CT molecular complexity index is 1340. The van der Waals surface area contributed by atoms with Gasteiger partial charge < -0.3 is 9.47 Å². The van der Waals surface area contributed by atoms with Crippen molar-refractivity contribution in [3.05, 3.63) is 65.6 Å². The molecule has 140 valence electrons. The normalized spacial score (nSPS) is 18.4. The second-order valence-corrected chi connectivity index (χ2v) is 7.41. The number of hydrogen-bond donors (Lipinski definition) is 0. The average Bonchev–Trinajstić information content (AvgIpc) is 3.41. The molecule has 1 aliphatic rings. The maximum absolute atomic E-state index is 13.9. The zero-order chi connectivity index (χ0) is 22.7. The van der Waals surface area contributed by atoms with Crippen LogP contribution in [-0.4, -0.2) is 37.1 Å². The molecule has 8 heteroatoms. The van der Waals surface area contributed by atoms with Crippen LogP contribution in [0.5, 0.6) is 0 Å². The molecule has 0 saturated heterocycles. The summed E-state index contributed by atoms with van der Waals surface area (Å²) in [6, 6.07) is 4.11. The summed E-state index contributed by atoms with van der Waals surface area (Å²) in [6.07, 6.45) is 0. The van der Waals surface area contributed by atoms with Gasteiger partial charge in [-0.25, -0.2) is 9.37 Å². The van der Waals surface area contributed by atoms with E-state index in [4.69, 9.17) is 5.48 Å². The number of carbonyl (C=O) groups is 1. The molecular formula is C20H16FN5OS. The Morgan fingerprint density at radius 1 is 1.21 bits per heavy atom. The van der Waals surface area contributed by atoms with Gasteiger partial charge in [0.25, 0.3) is 5.91 Å². The summed E-state index contributed by atoms with van der Waals surface area (Å²) in [7, 11) is 0. The lowest BCUT2D eigenvalue weighted by Crippen LogP contribution is -2.41. The first kappa shape index (κ1) is 13.1. The zero-order valence-corrected chi connectivity index (χ0v) is 15.5. The Kier molecular flexibility index (Phi) is 3.04. The summed E-state index contributed by atoms with van der Waals surface area (Å²) in [5.41, 5.74) is 0.415. The fraction of sp³-hybridized carbons (Fsp3) is 0.200. The third kappa shape index (κ3) is 2.68. The second kappa shape index (κ2) is 6.49. The number of nitrogens with zero attached hydrogens (tertiary/aromatic N) is 5. The molecule has 5 rings (SSSR count). The van der Waals surface area contributed by atoms with Crippen molar-refractivity contribution in [2.24, 2.45) is 0 Å². The number of amides is 1. The molecule has 0 saturated carbocycles. The topological polar surface area (TPSA) is 63.9 Å². The van der Waals surface area contributed by atoms with Gasteiger partial charge in [-0.05, 0) is 43.2 Å². The Labute approximate surface area is 169 Å². The van der Waals surface area contributed by atoms with Crippen LogP contribution in [0.15, 0.2) is 48.4 Å². The molecule has 6 nitrogen and oxygen atoms in total. The summed E-state index contributed by atoms with van der Waals surface area (Å²) in [6.45, 7) is 2.35. The quantitative estimate of drug-likeness (QED) is 0.514. The highest BCUT2D eigenvalue weighted by atomic mass is 32.1. The van der Waals surface area contributed by atoms with Crippen LogP contribution in [-0.2, 0) is 6.54 Å². The summed E-state index contributed by atoms with van der Waals surface area (Å²) < 4.78 is 48.1. The minimum Gasteiger partial charge on any atom is -0.327 e. The molecule has 0 spiro atoms. The van der Waals surface area contributed by atoms with Crippen LogP contribution in [0, 0.1) is 5.82 Å². The lowest BCUT2D eigenvalue weighted by atomic mass is 10.1. The van der Waals surface area contributed by atoms with Gasteiger partial charge in [0.15, 0.2) is 16.7 Å². The highest BCUT2D eigenvalue weighted by Gasteiger charge is 2.32. The van der Waals surface area contributed by atoms with E-state index in [1.165, 1.54) is 16.2 Å². The van der Waals surface area contributed by atoms with Gasteiger partial charge in [-0.3, -0.25) is 4.79 Å². The van der Waals surface area contributed by atoms with E-state index in [1.807, 2.05) is 28.8 Å². The van der Waals surface area contributed by atoms with Gasteiger partial charge in [-0.15, -0.1) is 21.5 Å². The third-order valence-electron chi connectivity index (χ3n) is 4.74. The molecule has 2 aromatic heterocycles. The van der Waals surface area contributed by atoms with Crippen LogP contribution < -0.4 is 0 Å². The van der Waals surface area contributed by atoms with E-state index in [2.05, 4.69) is 15.2 Å². The average molecular weight is 397 g/mol. The van der Waals surface area contributed by atoms with Crippen LogP contribution in [0.3, 0.4) is 0 Å². The van der Waals surface area contributed by atoms with Gasteiger partial charge in [0, 0.05) is 18.7 Å². The van der Waals surface area contributed by atoms with Gasteiger partial charge in [0.05, 0.1) is 21.7 Å². The number of hydrogen-bond acceptors (Lipinski definition) is 5. The first-order valence-electron chi connectivity index (χ1n) is 10.7. The monoisotopic (exact) mass is 397 g/mol. The number of carbonyl (C=O) groups excluding carboxylic acids is 1. The van der Waals surface area contributed by atoms with Crippen molar-refractivity contribution in [3.8, 4) is 10.8 Å². The van der Waals surface area contributed by atoms with E-state index in [1.54, 1.807) is 6.92 Å². The molecule has 0 N–H and O–H groups in total. The fourth-order valence-electron chi connectivity index (χ4n) is 3.34. The molecular weight excluding hydrogens is 377 g/mol. The van der Waals surface area contributed by atoms with Crippen LogP contribution in [0.2, 0.25) is 0 Å². The van der Waals surface area contributed by atoms with Gasteiger partial charge in [0.1, 0.15) is 5.82 Å². The number of benzene rings is 2. The summed E-state index contributed by atoms with van der Waals surface area (Å²) >= 11 is 1.50. The Balaban J connectivity index is 1.52. The predicted molar refractivity (Wildman–Crippen MR) is 104 cm³/mol. The lowest BCUT2D eigenvalue weighted by molar-refractivity contribution is 0.0638. The molecule has 28 heavy (non-hydrogen) atoms. The van der Waals surface area contributed by atoms with E-state index in [-0.39, 0.29) is 6.54 Å². The summed E-state index contributed by atoms with van der Waals surface area (Å²) in [5, 5.41) is 9.27. The second-order valence-electron chi connectivity index (χ2n) is 6.38. The summed E-state index contributed by atoms with van der Waals surface area (Å²) in [5.74, 6) is -0.851. The number of rotatable bonds is 2. The first-order valence-corrected chi connectivity index (χ1v) is 9.47. The van der Waals surface area contributed by atoms with Crippen molar-refractivity contribution in [1.82, 2.24) is 24.6 Å². The molecule has 0 aliphatic carbocycles. The molecule has 3 heterocycles. The molecule has 2 aromatic carbocycles. The van der Waals surface area contributed by atoms with E-state index in [0.29, 0.717) is 18.2 Å². The van der Waals surface area contributed by atoms with E-state index in [9.17, 15) is 9.18 Å². The van der Waals surface area contributed by atoms with Crippen molar-refractivity contribution < 1.29 is 14.7 Å². The van der Waals surface area contributed by atoms with Crippen molar-refractivity contribution in [3.63, 3.8) is 0 Å². The van der Waals surface area contributed by atoms with E-state index in [0.717, 1.165) is 15.2 Å². The standard InChI is InChI=1S/C20H16FN5OS/c1-12-17-23-24-18(19-22-15-4-2-3-5-16(15)28-19)26(17)11-10-25(12)20(27)13-6-8-14(21)9-7-13/h2-9,12H,10-11H2,1H3/t12-/m1/s1/i6D,7D,8D,9D. The molecule has 0 unspecified atom stereocenters. The molecule has 0 radical (unpaired) electrons. The van der Waals surface area contributed by atoms with Crippen molar-refractivity contribution >= 4 is 27.5 Å². The van der Waals surface area contributed by atoms with Gasteiger partial charge in [0.2, 0.25) is 0 Å². The number of thiazole rings is 1. The molecule has 1 aliphatic heterocycles. The van der Waals surface area contributed by atoms with E-state index < -0.39 is 47.5 Å². The van der Waals surface area contributed by atoms with Crippen LogP contribution in [0.25, 0.3) is 21.0 Å². The number of para-hydroxylation sites is 1. The summed E-state index contributed by atoms with van der Waals surface area (Å²) in [4.78, 5) is 19.2. The molecule has 1 amide bonds. The van der Waals surface area contributed by atoms with Crippen molar-refractivity contribution in [2.75, 3.05) is 6.54 Å². The van der Waals surface area contributed by atoms with Gasteiger partial charge in [-0.1, -0.05) is 12.1 Å². The minimum absolute atomic E-state index is 0.236. The number of halogens is 1. The largest absolute Gasteiger partial charge is 0.327 e. The minimum atomic E-state index is -1.27. The Morgan fingerprint density at radius 3 is 2.79 bits per heavy atom. The number of aromatic nitrogens is 4. The Morgan fingerprint density at radius 2 is 2.00 bits per heavy atom. The van der Waals surface area contributed by atoms with Crippen molar-refractivity contribution in [1.29, 1.82) is 0 Å². The smallest absolute Gasteiger partial charge is 0.254 e. The highest BCUT2D eigenvalue weighted by Crippen LogP contribution is 2.33. The SMILES string of the molecule is [2H]c1c([2H])c(C(=O)N2CCn3c(-c4nc5ccccc5s4)nnc3[C@H]2C)c([2H])c([2H])c1F. The van der Waals surface area contributed by atoms with Crippen LogP contribution in [0.1, 0.15) is 34.6 Å². The molecule has 4 aromatic rings. The maximum Gasteiger partial charge on any atom is 0.254 e. The van der Waals surface area contributed by atoms with Crippen molar-refractivity contribution in [2.45, 2.75) is 19.5 Å². The third-order valence-corrected chi connectivity index (χ3v) is 5.77. The molecule has 1 atom stereocenters. The van der Waals surface area contributed by atoms with Crippen LogP contribution >= 0.6 is 11.3 Å². The van der Waals surface area contributed by atoms with E-state index >= 15 is 0 Å².